The molecule has 1 aliphatic rings. The number of anilines is 1. The van der Waals surface area contributed by atoms with Gasteiger partial charge in [-0.2, -0.15) is 0 Å². The minimum atomic E-state index is -0.874. The van der Waals surface area contributed by atoms with E-state index < -0.39 is 23.8 Å². The van der Waals surface area contributed by atoms with Gasteiger partial charge >= 0.3 is 12.0 Å². The van der Waals surface area contributed by atoms with E-state index >= 15 is 0 Å². The van der Waals surface area contributed by atoms with Crippen molar-refractivity contribution in [2.45, 2.75) is 0 Å². The van der Waals surface area contributed by atoms with Crippen LogP contribution in [0.2, 0.25) is 5.02 Å². The summed E-state index contributed by atoms with van der Waals surface area (Å²) in [6.07, 6.45) is 1.28. The molecule has 2 aromatic carbocycles. The number of imide groups is 2. The fourth-order valence-electron chi connectivity index (χ4n) is 2.60. The first-order valence-electron chi connectivity index (χ1n) is 8.46. The molecular formula is C20H14BrClN2O6. The number of halogens is 2. The van der Waals surface area contributed by atoms with Gasteiger partial charge < -0.3 is 9.47 Å². The van der Waals surface area contributed by atoms with Gasteiger partial charge in [0.05, 0.1) is 12.8 Å². The van der Waals surface area contributed by atoms with Crippen molar-refractivity contribution in [2.24, 2.45) is 0 Å². The topological polar surface area (TPSA) is 102 Å². The summed E-state index contributed by atoms with van der Waals surface area (Å²) in [5, 5.41) is 2.56. The Morgan fingerprint density at radius 1 is 1.17 bits per heavy atom. The summed E-state index contributed by atoms with van der Waals surface area (Å²) in [5.41, 5.74) is 0.305. The number of urea groups is 1. The van der Waals surface area contributed by atoms with Gasteiger partial charge in [0, 0.05) is 15.1 Å². The first-order chi connectivity index (χ1) is 14.3. The number of hydrogen-bond acceptors (Lipinski definition) is 6. The summed E-state index contributed by atoms with van der Waals surface area (Å²) in [6, 6.07) is 9.96. The third-order valence-electron chi connectivity index (χ3n) is 4.03. The monoisotopic (exact) mass is 492 g/mol. The second-order valence-corrected chi connectivity index (χ2v) is 7.33. The molecule has 0 aliphatic carbocycles. The number of methoxy groups -OCH3 is 1. The lowest BCUT2D eigenvalue weighted by molar-refractivity contribution is -0.143. The van der Waals surface area contributed by atoms with Gasteiger partial charge in [0.25, 0.3) is 11.8 Å². The highest BCUT2D eigenvalue weighted by Gasteiger charge is 2.37. The molecule has 1 N–H and O–H groups in total. The van der Waals surface area contributed by atoms with E-state index in [4.69, 9.17) is 16.3 Å². The van der Waals surface area contributed by atoms with Crippen molar-refractivity contribution < 1.29 is 28.7 Å². The Bertz CT molecular complexity index is 1070. The zero-order valence-corrected chi connectivity index (χ0v) is 17.8. The van der Waals surface area contributed by atoms with Crippen LogP contribution in [0, 0.1) is 0 Å². The molecule has 0 bridgehead atoms. The number of rotatable bonds is 5. The van der Waals surface area contributed by atoms with Crippen molar-refractivity contribution in [3.63, 3.8) is 0 Å². The number of barbiturate groups is 1. The molecule has 10 heteroatoms. The molecule has 2 aromatic rings. The third-order valence-corrected chi connectivity index (χ3v) is 4.78. The van der Waals surface area contributed by atoms with Crippen LogP contribution in [0.25, 0.3) is 6.08 Å². The van der Waals surface area contributed by atoms with Gasteiger partial charge in [-0.05, 0) is 48.5 Å². The zero-order valence-electron chi connectivity index (χ0n) is 15.5. The largest absolute Gasteiger partial charge is 0.481 e. The number of nitrogens with one attached hydrogen (secondary N) is 1. The van der Waals surface area contributed by atoms with Crippen LogP contribution in [0.4, 0.5) is 10.5 Å². The maximum absolute atomic E-state index is 13.0. The lowest BCUT2D eigenvalue weighted by Crippen LogP contribution is -2.54. The predicted molar refractivity (Wildman–Crippen MR) is 112 cm³/mol. The molecule has 3 rings (SSSR count). The van der Waals surface area contributed by atoms with Gasteiger partial charge in [-0.1, -0.05) is 27.5 Å². The summed E-state index contributed by atoms with van der Waals surface area (Å²) in [5.74, 6) is -2.02. The fraction of sp³-hybridized carbons (Fsp3) is 0.100. The molecule has 0 aromatic heterocycles. The summed E-state index contributed by atoms with van der Waals surface area (Å²) < 4.78 is 10.6. The van der Waals surface area contributed by atoms with Crippen LogP contribution < -0.4 is 15.0 Å². The number of hydrogen-bond donors (Lipinski definition) is 1. The number of nitrogens with zero attached hydrogens (tertiary/aromatic N) is 1. The number of amides is 4. The highest BCUT2D eigenvalue weighted by molar-refractivity contribution is 9.10. The van der Waals surface area contributed by atoms with E-state index in [1.165, 1.54) is 37.5 Å². The van der Waals surface area contributed by atoms with Gasteiger partial charge in [0.1, 0.15) is 11.3 Å². The maximum atomic E-state index is 13.0. The van der Waals surface area contributed by atoms with Crippen LogP contribution in [0.15, 0.2) is 52.5 Å². The van der Waals surface area contributed by atoms with E-state index in [-0.39, 0.29) is 23.6 Å². The summed E-state index contributed by atoms with van der Waals surface area (Å²) in [6.45, 7) is -0.357. The Labute approximate surface area is 184 Å². The minimum Gasteiger partial charge on any atom is -0.481 e. The lowest BCUT2D eigenvalue weighted by Gasteiger charge is -2.26. The van der Waals surface area contributed by atoms with E-state index in [1.807, 2.05) is 0 Å². The van der Waals surface area contributed by atoms with Gasteiger partial charge in [0.15, 0.2) is 6.61 Å². The van der Waals surface area contributed by atoms with Crippen molar-refractivity contribution in [1.82, 2.24) is 5.32 Å². The van der Waals surface area contributed by atoms with E-state index in [0.717, 1.165) is 4.90 Å². The molecule has 0 unspecified atom stereocenters. The number of carbonyl (C=O) groups excluding carboxylic acids is 4. The molecule has 1 saturated heterocycles. The van der Waals surface area contributed by atoms with Crippen molar-refractivity contribution >= 4 is 63.1 Å². The van der Waals surface area contributed by atoms with Crippen LogP contribution in [0.3, 0.4) is 0 Å². The Kier molecular flexibility index (Phi) is 6.53. The van der Waals surface area contributed by atoms with Gasteiger partial charge in [-0.25, -0.2) is 14.5 Å². The predicted octanol–water partition coefficient (Wildman–Crippen LogP) is 3.32. The number of esters is 1. The van der Waals surface area contributed by atoms with Crippen LogP contribution in [-0.2, 0) is 19.1 Å². The van der Waals surface area contributed by atoms with E-state index in [1.54, 1.807) is 18.2 Å². The smallest absolute Gasteiger partial charge is 0.343 e. The second-order valence-electron chi connectivity index (χ2n) is 5.98. The Morgan fingerprint density at radius 2 is 1.87 bits per heavy atom. The molecule has 1 aliphatic heterocycles. The minimum absolute atomic E-state index is 0.242. The van der Waals surface area contributed by atoms with Gasteiger partial charge in [0.2, 0.25) is 0 Å². The van der Waals surface area contributed by atoms with E-state index in [0.29, 0.717) is 15.1 Å². The molecule has 4 amide bonds. The van der Waals surface area contributed by atoms with Gasteiger partial charge in [-0.3, -0.25) is 14.9 Å². The Balaban J connectivity index is 1.99. The Hall–Kier alpha value is -3.17. The SMILES string of the molecule is COC(=O)COc1ccc(Br)cc1/C=C1\C(=O)NC(=O)N(c2ccc(Cl)cc2)C1=O. The normalized spacial score (nSPS) is 15.2. The quantitative estimate of drug-likeness (QED) is 0.389. The summed E-state index contributed by atoms with van der Waals surface area (Å²) in [7, 11) is 1.23. The lowest BCUT2D eigenvalue weighted by atomic mass is 10.1. The van der Waals surface area contributed by atoms with Crippen molar-refractivity contribution in [2.75, 3.05) is 18.6 Å². The van der Waals surface area contributed by atoms with Crippen LogP contribution >= 0.6 is 27.5 Å². The van der Waals surface area contributed by atoms with Gasteiger partial charge in [-0.15, -0.1) is 0 Å². The Morgan fingerprint density at radius 3 is 2.53 bits per heavy atom. The molecule has 1 heterocycles. The molecule has 1 fully saturated rings. The summed E-state index contributed by atoms with van der Waals surface area (Å²) >= 11 is 9.17. The summed E-state index contributed by atoms with van der Waals surface area (Å²) in [4.78, 5) is 49.8. The number of carbonyl (C=O) groups is 4. The average Bonchev–Trinajstić information content (AvgIpc) is 2.71. The maximum Gasteiger partial charge on any atom is 0.343 e. The molecule has 0 atom stereocenters. The molecule has 0 spiro atoms. The van der Waals surface area contributed by atoms with E-state index in [2.05, 4.69) is 26.0 Å². The molecule has 0 saturated carbocycles. The van der Waals surface area contributed by atoms with Crippen molar-refractivity contribution in [3.05, 3.63) is 63.1 Å². The average molecular weight is 494 g/mol. The molecule has 8 nitrogen and oxygen atoms in total. The van der Waals surface area contributed by atoms with E-state index in [9.17, 15) is 19.2 Å². The molecular weight excluding hydrogens is 480 g/mol. The first-order valence-corrected chi connectivity index (χ1v) is 9.63. The first kappa shape index (κ1) is 21.5. The fourth-order valence-corrected chi connectivity index (χ4v) is 3.10. The number of ether oxygens (including phenoxy) is 2. The number of benzene rings is 2. The molecule has 154 valence electrons. The van der Waals surface area contributed by atoms with Crippen molar-refractivity contribution in [1.29, 1.82) is 0 Å². The highest BCUT2D eigenvalue weighted by Crippen LogP contribution is 2.28. The standard InChI is InChI=1S/C20H14BrClN2O6/c1-29-17(25)10-30-16-7-2-12(21)8-11(16)9-15-18(26)23-20(28)24(19(15)27)14-5-3-13(22)4-6-14/h2-9H,10H2,1H3,(H,23,26,28)/b15-9+. The zero-order chi connectivity index (χ0) is 21.8. The van der Waals surface area contributed by atoms with Crippen LogP contribution in [0.1, 0.15) is 5.56 Å². The third kappa shape index (κ3) is 4.69. The molecule has 0 radical (unpaired) electrons. The molecule has 30 heavy (non-hydrogen) atoms. The highest BCUT2D eigenvalue weighted by atomic mass is 79.9. The second kappa shape index (κ2) is 9.10. The van der Waals surface area contributed by atoms with Crippen LogP contribution in [-0.4, -0.2) is 37.5 Å². The van der Waals surface area contributed by atoms with Crippen LogP contribution in [0.5, 0.6) is 5.75 Å². The van der Waals surface area contributed by atoms with Crippen molar-refractivity contribution in [3.8, 4) is 5.75 Å².